The molecule has 4 rings (SSSR count). The number of carbonyl (C=O) groups is 1. The summed E-state index contributed by atoms with van der Waals surface area (Å²) in [5, 5.41) is 7.20. The molecular formula is C23H20F3N3O. The number of rotatable bonds is 4. The molecule has 0 radical (unpaired) electrons. The normalized spacial score (nSPS) is 18.0. The highest BCUT2D eigenvalue weighted by molar-refractivity contribution is 5.94. The lowest BCUT2D eigenvalue weighted by atomic mass is 9.74. The maximum Gasteiger partial charge on any atom is 0.254 e. The summed E-state index contributed by atoms with van der Waals surface area (Å²) < 4.78 is 41.9. The summed E-state index contributed by atoms with van der Waals surface area (Å²) in [4.78, 5) is 12.4. The average molecular weight is 411 g/mol. The Hall–Kier alpha value is -3.35. The zero-order valence-electron chi connectivity index (χ0n) is 16.5. The predicted molar refractivity (Wildman–Crippen MR) is 108 cm³/mol. The molecule has 1 aliphatic carbocycles. The third-order valence-corrected chi connectivity index (χ3v) is 5.66. The van der Waals surface area contributed by atoms with Crippen LogP contribution in [-0.4, -0.2) is 22.2 Å². The Morgan fingerprint density at radius 2 is 1.83 bits per heavy atom. The van der Waals surface area contributed by atoms with Gasteiger partial charge in [-0.3, -0.25) is 4.79 Å². The molecule has 2 aromatic carbocycles. The lowest BCUT2D eigenvalue weighted by Crippen LogP contribution is -2.39. The molecule has 0 unspecified atom stereocenters. The number of benzene rings is 2. The van der Waals surface area contributed by atoms with Crippen molar-refractivity contribution in [2.24, 2.45) is 5.41 Å². The summed E-state index contributed by atoms with van der Waals surface area (Å²) in [6, 6.07) is 8.99. The van der Waals surface area contributed by atoms with E-state index < -0.39 is 23.0 Å². The molecular weight excluding hydrogens is 391 g/mol. The van der Waals surface area contributed by atoms with Crippen molar-refractivity contribution in [3.05, 3.63) is 88.5 Å². The van der Waals surface area contributed by atoms with E-state index >= 15 is 0 Å². The second-order valence-electron chi connectivity index (χ2n) is 7.81. The number of aromatic nitrogens is 2. The topological polar surface area (TPSA) is 46.9 Å². The molecule has 7 heteroatoms. The molecule has 0 fully saturated rings. The molecule has 0 spiro atoms. The summed E-state index contributed by atoms with van der Waals surface area (Å²) in [5.41, 5.74) is 3.10. The van der Waals surface area contributed by atoms with Gasteiger partial charge in [0.05, 0.1) is 23.1 Å². The first kappa shape index (κ1) is 19.9. The fraction of sp³-hybridized carbons (Fsp3) is 0.217. The highest BCUT2D eigenvalue weighted by Gasteiger charge is 2.33. The Balaban J connectivity index is 1.54. The Kier molecular flexibility index (Phi) is 4.97. The van der Waals surface area contributed by atoms with E-state index in [1.807, 2.05) is 19.9 Å². The van der Waals surface area contributed by atoms with Gasteiger partial charge >= 0.3 is 0 Å². The minimum absolute atomic E-state index is 0.192. The SMILES string of the molecule is CC1=Cc2c(cnn2-c2ccc(F)cc2)C[C@]1(C)CNC(=O)c1ccc(F)cc1F. The summed E-state index contributed by atoms with van der Waals surface area (Å²) in [6.07, 6.45) is 4.39. The molecule has 0 aliphatic heterocycles. The zero-order chi connectivity index (χ0) is 21.5. The van der Waals surface area contributed by atoms with Crippen molar-refractivity contribution < 1.29 is 18.0 Å². The molecule has 1 amide bonds. The molecule has 1 N–H and O–H groups in total. The number of nitrogens with one attached hydrogen (secondary N) is 1. The van der Waals surface area contributed by atoms with Gasteiger partial charge in [0, 0.05) is 18.0 Å². The van der Waals surface area contributed by atoms with Gasteiger partial charge in [-0.15, -0.1) is 0 Å². The molecule has 154 valence electrons. The standard InChI is InChI=1S/C23H20F3N3O/c1-14-9-21-15(12-28-29(21)18-6-3-16(24)4-7-18)11-23(14,2)13-27-22(30)19-8-5-17(25)10-20(19)26/h3-10,12H,11,13H2,1-2H3,(H,27,30)/t23-/m1/s1. The zero-order valence-corrected chi connectivity index (χ0v) is 16.5. The predicted octanol–water partition coefficient (Wildman–Crippen LogP) is 4.69. The number of carbonyl (C=O) groups excluding carboxylic acids is 1. The Bertz CT molecular complexity index is 1150. The first-order valence-electron chi connectivity index (χ1n) is 9.52. The van der Waals surface area contributed by atoms with Crippen LogP contribution >= 0.6 is 0 Å². The smallest absolute Gasteiger partial charge is 0.254 e. The molecule has 1 heterocycles. The van der Waals surface area contributed by atoms with Gasteiger partial charge in [0.15, 0.2) is 0 Å². The average Bonchev–Trinajstić information content (AvgIpc) is 3.09. The van der Waals surface area contributed by atoms with Crippen LogP contribution in [0.3, 0.4) is 0 Å². The molecule has 0 saturated heterocycles. The van der Waals surface area contributed by atoms with Crippen molar-refractivity contribution in [3.8, 4) is 5.69 Å². The molecule has 3 aromatic rings. The fourth-order valence-corrected chi connectivity index (χ4v) is 3.66. The largest absolute Gasteiger partial charge is 0.351 e. The summed E-state index contributed by atoms with van der Waals surface area (Å²) in [7, 11) is 0. The number of nitrogens with zero attached hydrogens (tertiary/aromatic N) is 2. The Morgan fingerprint density at radius 3 is 2.53 bits per heavy atom. The number of halogens is 3. The van der Waals surface area contributed by atoms with Crippen molar-refractivity contribution in [1.82, 2.24) is 15.1 Å². The third-order valence-electron chi connectivity index (χ3n) is 5.66. The lowest BCUT2D eigenvalue weighted by Gasteiger charge is -2.34. The second kappa shape index (κ2) is 7.48. The van der Waals surface area contributed by atoms with Crippen molar-refractivity contribution in [2.45, 2.75) is 20.3 Å². The lowest BCUT2D eigenvalue weighted by molar-refractivity contribution is 0.0935. The van der Waals surface area contributed by atoms with Gasteiger partial charge in [0.1, 0.15) is 17.5 Å². The van der Waals surface area contributed by atoms with Crippen LogP contribution in [0.15, 0.2) is 54.2 Å². The Labute approximate surface area is 172 Å². The van der Waals surface area contributed by atoms with Crippen LogP contribution in [0.4, 0.5) is 13.2 Å². The van der Waals surface area contributed by atoms with E-state index in [2.05, 4.69) is 10.4 Å². The van der Waals surface area contributed by atoms with E-state index in [0.29, 0.717) is 12.5 Å². The summed E-state index contributed by atoms with van der Waals surface area (Å²) in [6.45, 7) is 4.26. The third kappa shape index (κ3) is 3.63. The number of amides is 1. The highest BCUT2D eigenvalue weighted by atomic mass is 19.1. The van der Waals surface area contributed by atoms with Crippen molar-refractivity contribution >= 4 is 12.0 Å². The van der Waals surface area contributed by atoms with Crippen molar-refractivity contribution in [2.75, 3.05) is 6.54 Å². The fourth-order valence-electron chi connectivity index (χ4n) is 3.66. The van der Waals surface area contributed by atoms with E-state index in [4.69, 9.17) is 0 Å². The molecule has 0 bridgehead atoms. The Morgan fingerprint density at radius 1 is 1.13 bits per heavy atom. The number of hydrogen-bond donors (Lipinski definition) is 1. The molecule has 30 heavy (non-hydrogen) atoms. The maximum absolute atomic E-state index is 13.9. The van der Waals surface area contributed by atoms with Gasteiger partial charge in [-0.2, -0.15) is 5.10 Å². The monoisotopic (exact) mass is 411 g/mol. The minimum atomic E-state index is -0.892. The second-order valence-corrected chi connectivity index (χ2v) is 7.81. The van der Waals surface area contributed by atoms with Gasteiger partial charge in [0.25, 0.3) is 5.91 Å². The van der Waals surface area contributed by atoms with Crippen LogP contribution in [0.5, 0.6) is 0 Å². The summed E-state index contributed by atoms with van der Waals surface area (Å²) >= 11 is 0. The molecule has 4 nitrogen and oxygen atoms in total. The molecule has 1 atom stereocenters. The van der Waals surface area contributed by atoms with Crippen LogP contribution in [0.25, 0.3) is 11.8 Å². The summed E-state index contributed by atoms with van der Waals surface area (Å²) in [5.74, 6) is -2.52. The first-order chi connectivity index (χ1) is 14.3. The van der Waals surface area contributed by atoms with Crippen LogP contribution in [0.1, 0.15) is 35.5 Å². The molecule has 1 aromatic heterocycles. The number of fused-ring (bicyclic) bond motifs is 1. The van der Waals surface area contributed by atoms with Gasteiger partial charge < -0.3 is 5.32 Å². The van der Waals surface area contributed by atoms with Gasteiger partial charge in [-0.25, -0.2) is 17.9 Å². The molecule has 0 saturated carbocycles. The maximum atomic E-state index is 13.9. The minimum Gasteiger partial charge on any atom is -0.351 e. The van der Waals surface area contributed by atoms with Gasteiger partial charge in [-0.1, -0.05) is 12.5 Å². The quantitative estimate of drug-likeness (QED) is 0.677. The molecule has 1 aliphatic rings. The van der Waals surface area contributed by atoms with E-state index in [1.165, 1.54) is 12.1 Å². The van der Waals surface area contributed by atoms with Crippen molar-refractivity contribution in [1.29, 1.82) is 0 Å². The first-order valence-corrected chi connectivity index (χ1v) is 9.52. The van der Waals surface area contributed by atoms with E-state index in [-0.39, 0.29) is 17.9 Å². The van der Waals surface area contributed by atoms with E-state index in [1.54, 1.807) is 23.0 Å². The van der Waals surface area contributed by atoms with Crippen LogP contribution in [0, 0.1) is 22.9 Å². The van der Waals surface area contributed by atoms with E-state index in [9.17, 15) is 18.0 Å². The van der Waals surface area contributed by atoms with Crippen molar-refractivity contribution in [3.63, 3.8) is 0 Å². The highest BCUT2D eigenvalue weighted by Crippen LogP contribution is 2.38. The van der Waals surface area contributed by atoms with Crippen LogP contribution in [-0.2, 0) is 6.42 Å². The number of hydrogen-bond acceptors (Lipinski definition) is 2. The van der Waals surface area contributed by atoms with Gasteiger partial charge in [0.2, 0.25) is 0 Å². The van der Waals surface area contributed by atoms with Crippen LogP contribution < -0.4 is 5.32 Å². The van der Waals surface area contributed by atoms with Crippen LogP contribution in [0.2, 0.25) is 0 Å². The van der Waals surface area contributed by atoms with Gasteiger partial charge in [-0.05, 0) is 61.4 Å². The van der Waals surface area contributed by atoms with E-state index in [0.717, 1.165) is 34.7 Å².